The molecule has 100 valence electrons. The fourth-order valence-electron chi connectivity index (χ4n) is 1.52. The molecule has 2 aromatic carbocycles. The zero-order valence-corrected chi connectivity index (χ0v) is 10.3. The Bertz CT molecular complexity index is 601. The number of nitro benzene ring substituents is 1. The molecule has 0 heterocycles. The van der Waals surface area contributed by atoms with E-state index in [1.165, 1.54) is 24.3 Å². The zero-order valence-electron chi connectivity index (χ0n) is 10.3. The van der Waals surface area contributed by atoms with Crippen molar-refractivity contribution in [2.24, 2.45) is 4.99 Å². The van der Waals surface area contributed by atoms with Gasteiger partial charge in [0.05, 0.1) is 16.2 Å². The molecule has 0 aliphatic heterocycles. The van der Waals surface area contributed by atoms with Gasteiger partial charge in [-0.25, -0.2) is 4.79 Å². The average Bonchev–Trinajstić information content (AvgIpc) is 2.46. The number of nitro groups is 1. The third kappa shape index (κ3) is 3.26. The van der Waals surface area contributed by atoms with E-state index in [0.29, 0.717) is 5.69 Å². The van der Waals surface area contributed by atoms with Gasteiger partial charge >= 0.3 is 5.97 Å². The highest BCUT2D eigenvalue weighted by Crippen LogP contribution is 2.17. The number of carbonyl (C=O) groups is 1. The van der Waals surface area contributed by atoms with E-state index in [-0.39, 0.29) is 11.3 Å². The number of benzene rings is 2. The minimum absolute atomic E-state index is 0.00904. The number of aromatic carboxylic acids is 1. The van der Waals surface area contributed by atoms with Gasteiger partial charge in [-0.2, -0.15) is 0 Å². The Morgan fingerprint density at radius 3 is 2.20 bits per heavy atom. The topological polar surface area (TPSA) is 92.8 Å². The van der Waals surface area contributed by atoms with Crippen molar-refractivity contribution < 1.29 is 14.8 Å². The molecule has 0 aromatic heterocycles. The van der Waals surface area contributed by atoms with Crippen molar-refractivity contribution in [1.82, 2.24) is 0 Å². The van der Waals surface area contributed by atoms with Crippen LogP contribution in [-0.4, -0.2) is 22.2 Å². The summed E-state index contributed by atoms with van der Waals surface area (Å²) in [6.07, 6.45) is 1.56. The van der Waals surface area contributed by atoms with Gasteiger partial charge in [0.2, 0.25) is 0 Å². The third-order valence-corrected chi connectivity index (χ3v) is 2.58. The molecule has 0 amide bonds. The first kappa shape index (κ1) is 13.4. The molecular formula is C14H10N2O4. The van der Waals surface area contributed by atoms with Crippen LogP contribution in [0.1, 0.15) is 15.9 Å². The Morgan fingerprint density at radius 2 is 1.70 bits per heavy atom. The fraction of sp³-hybridized carbons (Fsp3) is 0. The Balaban J connectivity index is 2.12. The van der Waals surface area contributed by atoms with Crippen LogP contribution in [0.25, 0.3) is 0 Å². The lowest BCUT2D eigenvalue weighted by atomic mass is 10.1. The second-order valence-electron chi connectivity index (χ2n) is 3.96. The highest BCUT2D eigenvalue weighted by molar-refractivity contribution is 5.89. The summed E-state index contributed by atoms with van der Waals surface area (Å²) in [5.74, 6) is -0.983. The van der Waals surface area contributed by atoms with Crippen LogP contribution < -0.4 is 0 Å². The first-order chi connectivity index (χ1) is 9.56. The summed E-state index contributed by atoms with van der Waals surface area (Å²) >= 11 is 0. The van der Waals surface area contributed by atoms with Crippen molar-refractivity contribution in [2.45, 2.75) is 0 Å². The summed E-state index contributed by atoms with van der Waals surface area (Å²) in [4.78, 5) is 24.9. The number of aliphatic imine (C=N–C) groups is 1. The van der Waals surface area contributed by atoms with Crippen LogP contribution in [0.3, 0.4) is 0 Å². The van der Waals surface area contributed by atoms with E-state index in [1.54, 1.807) is 30.5 Å². The molecule has 0 unspecified atom stereocenters. The maximum Gasteiger partial charge on any atom is 0.335 e. The van der Waals surface area contributed by atoms with Crippen molar-refractivity contribution in [2.75, 3.05) is 0 Å². The van der Waals surface area contributed by atoms with Crippen LogP contribution in [0.4, 0.5) is 11.4 Å². The summed E-state index contributed by atoms with van der Waals surface area (Å²) in [5, 5.41) is 19.3. The van der Waals surface area contributed by atoms with Crippen molar-refractivity contribution in [3.63, 3.8) is 0 Å². The third-order valence-electron chi connectivity index (χ3n) is 2.58. The van der Waals surface area contributed by atoms with Crippen LogP contribution in [0.15, 0.2) is 53.5 Å². The molecule has 6 nitrogen and oxygen atoms in total. The number of non-ortho nitro benzene ring substituents is 1. The van der Waals surface area contributed by atoms with E-state index < -0.39 is 10.9 Å². The first-order valence-electron chi connectivity index (χ1n) is 5.68. The number of hydrogen-bond acceptors (Lipinski definition) is 4. The fourth-order valence-corrected chi connectivity index (χ4v) is 1.52. The number of carboxylic acids is 1. The van der Waals surface area contributed by atoms with Crippen LogP contribution in [-0.2, 0) is 0 Å². The molecule has 0 atom stereocenters. The molecule has 1 N–H and O–H groups in total. The lowest BCUT2D eigenvalue weighted by molar-refractivity contribution is -0.384. The van der Waals surface area contributed by atoms with Gasteiger partial charge in [0.1, 0.15) is 0 Å². The predicted molar refractivity (Wildman–Crippen MR) is 73.8 cm³/mol. The SMILES string of the molecule is O=C(O)c1ccc(C=Nc2ccc([N+](=O)[O-])cc2)cc1. The number of carboxylic acid groups (broad SMARTS) is 1. The van der Waals surface area contributed by atoms with Gasteiger partial charge in [0.15, 0.2) is 0 Å². The maximum absolute atomic E-state index is 10.7. The molecule has 0 saturated heterocycles. The van der Waals surface area contributed by atoms with Crippen molar-refractivity contribution in [3.8, 4) is 0 Å². The molecule has 0 bridgehead atoms. The summed E-state index contributed by atoms with van der Waals surface area (Å²) in [6, 6.07) is 12.1. The van der Waals surface area contributed by atoms with Gasteiger partial charge in [-0.1, -0.05) is 12.1 Å². The van der Waals surface area contributed by atoms with Crippen molar-refractivity contribution in [1.29, 1.82) is 0 Å². The molecule has 0 fully saturated rings. The largest absolute Gasteiger partial charge is 0.478 e. The second kappa shape index (κ2) is 5.75. The Kier molecular flexibility index (Phi) is 3.85. The van der Waals surface area contributed by atoms with E-state index >= 15 is 0 Å². The van der Waals surface area contributed by atoms with E-state index in [2.05, 4.69) is 4.99 Å². The van der Waals surface area contributed by atoms with Gasteiger partial charge in [-0.05, 0) is 29.8 Å². The van der Waals surface area contributed by atoms with Gasteiger partial charge in [-0.15, -0.1) is 0 Å². The van der Waals surface area contributed by atoms with Crippen LogP contribution in [0.2, 0.25) is 0 Å². The summed E-state index contributed by atoms with van der Waals surface area (Å²) in [7, 11) is 0. The molecule has 0 saturated carbocycles. The van der Waals surface area contributed by atoms with E-state index in [0.717, 1.165) is 5.56 Å². The lowest BCUT2D eigenvalue weighted by Crippen LogP contribution is -1.95. The van der Waals surface area contributed by atoms with Gasteiger partial charge in [-0.3, -0.25) is 15.1 Å². The molecule has 0 spiro atoms. The van der Waals surface area contributed by atoms with Gasteiger partial charge in [0, 0.05) is 18.3 Å². The Hall–Kier alpha value is -3.02. The molecule has 2 aromatic rings. The molecule has 0 aliphatic carbocycles. The standard InChI is InChI=1S/C14H10N2O4/c17-14(18)11-3-1-10(2-4-11)9-15-12-5-7-13(8-6-12)16(19)20/h1-9H,(H,17,18). The molecule has 0 aliphatic rings. The summed E-state index contributed by atoms with van der Waals surface area (Å²) in [6.45, 7) is 0. The minimum atomic E-state index is -0.983. The van der Waals surface area contributed by atoms with Gasteiger partial charge < -0.3 is 5.11 Å². The monoisotopic (exact) mass is 270 g/mol. The number of hydrogen-bond donors (Lipinski definition) is 1. The smallest absolute Gasteiger partial charge is 0.335 e. The second-order valence-corrected chi connectivity index (χ2v) is 3.96. The van der Waals surface area contributed by atoms with E-state index in [4.69, 9.17) is 5.11 Å². The van der Waals surface area contributed by atoms with Crippen molar-refractivity contribution in [3.05, 3.63) is 69.8 Å². The molecular weight excluding hydrogens is 260 g/mol. The Labute approximate surface area is 114 Å². The highest BCUT2D eigenvalue weighted by atomic mass is 16.6. The van der Waals surface area contributed by atoms with Crippen LogP contribution in [0.5, 0.6) is 0 Å². The summed E-state index contributed by atoms with van der Waals surface area (Å²) in [5.41, 5.74) is 1.54. The highest BCUT2D eigenvalue weighted by Gasteiger charge is 2.03. The van der Waals surface area contributed by atoms with E-state index in [9.17, 15) is 14.9 Å². The number of rotatable bonds is 4. The first-order valence-corrected chi connectivity index (χ1v) is 5.68. The average molecular weight is 270 g/mol. The molecule has 20 heavy (non-hydrogen) atoms. The normalized spacial score (nSPS) is 10.6. The van der Waals surface area contributed by atoms with E-state index in [1.807, 2.05) is 0 Å². The van der Waals surface area contributed by atoms with Gasteiger partial charge in [0.25, 0.3) is 5.69 Å². The van der Waals surface area contributed by atoms with Crippen LogP contribution >= 0.6 is 0 Å². The quantitative estimate of drug-likeness (QED) is 0.525. The molecule has 0 radical (unpaired) electrons. The summed E-state index contributed by atoms with van der Waals surface area (Å²) < 4.78 is 0. The molecule has 6 heteroatoms. The maximum atomic E-state index is 10.7. The lowest BCUT2D eigenvalue weighted by Gasteiger charge is -1.96. The Morgan fingerprint density at radius 1 is 1.10 bits per heavy atom. The van der Waals surface area contributed by atoms with Crippen LogP contribution in [0, 0.1) is 10.1 Å². The minimum Gasteiger partial charge on any atom is -0.478 e. The molecule has 2 rings (SSSR count). The van der Waals surface area contributed by atoms with Crippen molar-refractivity contribution >= 4 is 23.6 Å². The zero-order chi connectivity index (χ0) is 14.5. The predicted octanol–water partition coefficient (Wildman–Crippen LogP) is 3.04. The number of nitrogens with zero attached hydrogens (tertiary/aromatic N) is 2.